The van der Waals surface area contributed by atoms with Crippen molar-refractivity contribution in [3.8, 4) is 0 Å². The van der Waals surface area contributed by atoms with Gasteiger partial charge in [0.25, 0.3) is 0 Å². The van der Waals surface area contributed by atoms with Crippen molar-refractivity contribution in [2.75, 3.05) is 31.4 Å². The minimum Gasteiger partial charge on any atom is -0.361 e. The molecule has 12 heavy (non-hydrogen) atoms. The average Bonchev–Trinajstić information content (AvgIpc) is 2.05. The fourth-order valence-electron chi connectivity index (χ4n) is 0.792. The molecule has 1 aromatic heterocycles. The zero-order valence-corrected chi connectivity index (χ0v) is 8.05. The van der Waals surface area contributed by atoms with E-state index in [1.165, 1.54) is 0 Å². The molecule has 1 heterocycles. The van der Waals surface area contributed by atoms with Crippen LogP contribution >= 0.6 is 11.6 Å². The Morgan fingerprint density at radius 3 is 2.67 bits per heavy atom. The van der Waals surface area contributed by atoms with E-state index < -0.39 is 0 Å². The van der Waals surface area contributed by atoms with E-state index in [4.69, 9.17) is 11.6 Å². The molecule has 0 aliphatic carbocycles. The maximum atomic E-state index is 5.85. The van der Waals surface area contributed by atoms with Crippen LogP contribution in [0, 0.1) is 0 Å². The topological polar surface area (TPSA) is 41.1 Å². The van der Waals surface area contributed by atoms with E-state index in [1.54, 1.807) is 13.2 Å². The molecule has 0 amide bonds. The molecule has 0 saturated carbocycles. The number of hydrogen-bond donors (Lipinski definition) is 1. The summed E-state index contributed by atoms with van der Waals surface area (Å²) < 4.78 is 0. The highest BCUT2D eigenvalue weighted by Crippen LogP contribution is 2.20. The molecular formula is C7H11ClN4. The van der Waals surface area contributed by atoms with Crippen LogP contribution in [0.5, 0.6) is 0 Å². The van der Waals surface area contributed by atoms with Gasteiger partial charge in [-0.1, -0.05) is 11.6 Å². The van der Waals surface area contributed by atoms with E-state index in [0.29, 0.717) is 11.0 Å². The Balaban J connectivity index is 3.08. The second-order valence-electron chi connectivity index (χ2n) is 2.51. The lowest BCUT2D eigenvalue weighted by molar-refractivity contribution is 1.04. The highest BCUT2D eigenvalue weighted by molar-refractivity contribution is 6.32. The van der Waals surface area contributed by atoms with Crippen LogP contribution in [0.3, 0.4) is 0 Å². The molecule has 0 spiro atoms. The molecule has 1 aromatic rings. The zero-order chi connectivity index (χ0) is 9.14. The maximum absolute atomic E-state index is 5.85. The molecule has 1 N–H and O–H groups in total. The van der Waals surface area contributed by atoms with Crippen LogP contribution in [0.2, 0.25) is 5.02 Å². The number of nitrogens with one attached hydrogen (secondary N) is 1. The van der Waals surface area contributed by atoms with Gasteiger partial charge in [0.15, 0.2) is 5.82 Å². The molecule has 0 radical (unpaired) electrons. The summed E-state index contributed by atoms with van der Waals surface area (Å²) in [6.45, 7) is 0. The third kappa shape index (κ3) is 1.76. The minimum atomic E-state index is 0.555. The fraction of sp³-hybridized carbons (Fsp3) is 0.429. The van der Waals surface area contributed by atoms with Gasteiger partial charge in [-0.25, -0.2) is 4.98 Å². The molecule has 0 fully saturated rings. The monoisotopic (exact) mass is 186 g/mol. The van der Waals surface area contributed by atoms with E-state index in [0.717, 1.165) is 5.82 Å². The fourth-order valence-corrected chi connectivity index (χ4v) is 1.05. The van der Waals surface area contributed by atoms with Gasteiger partial charge in [-0.05, 0) is 0 Å². The second-order valence-corrected chi connectivity index (χ2v) is 2.92. The molecule has 0 saturated heterocycles. The molecule has 0 aromatic carbocycles. The van der Waals surface area contributed by atoms with Crippen molar-refractivity contribution in [3.05, 3.63) is 11.2 Å². The van der Waals surface area contributed by atoms with Crippen molar-refractivity contribution in [2.24, 2.45) is 0 Å². The Morgan fingerprint density at radius 2 is 2.17 bits per heavy atom. The highest BCUT2D eigenvalue weighted by Gasteiger charge is 2.05. The van der Waals surface area contributed by atoms with Crippen molar-refractivity contribution in [1.82, 2.24) is 9.97 Å². The van der Waals surface area contributed by atoms with Crippen molar-refractivity contribution in [2.45, 2.75) is 0 Å². The largest absolute Gasteiger partial charge is 0.361 e. The third-order valence-electron chi connectivity index (χ3n) is 1.37. The van der Waals surface area contributed by atoms with Crippen LogP contribution in [0.15, 0.2) is 6.20 Å². The van der Waals surface area contributed by atoms with E-state index in [-0.39, 0.29) is 0 Å². The van der Waals surface area contributed by atoms with Gasteiger partial charge in [0.05, 0.1) is 6.20 Å². The number of halogens is 1. The van der Waals surface area contributed by atoms with Gasteiger partial charge in [0.2, 0.25) is 5.95 Å². The van der Waals surface area contributed by atoms with Gasteiger partial charge >= 0.3 is 0 Å². The van der Waals surface area contributed by atoms with Gasteiger partial charge in [-0.2, -0.15) is 4.98 Å². The molecule has 0 unspecified atom stereocenters. The number of hydrogen-bond acceptors (Lipinski definition) is 4. The van der Waals surface area contributed by atoms with E-state index in [2.05, 4.69) is 15.3 Å². The molecule has 0 aliphatic heterocycles. The average molecular weight is 187 g/mol. The van der Waals surface area contributed by atoms with Gasteiger partial charge in [-0.3, -0.25) is 0 Å². The van der Waals surface area contributed by atoms with Gasteiger partial charge in [0.1, 0.15) is 5.02 Å². The summed E-state index contributed by atoms with van der Waals surface area (Å²) in [5.41, 5.74) is 0. The van der Waals surface area contributed by atoms with E-state index in [9.17, 15) is 0 Å². The summed E-state index contributed by atoms with van der Waals surface area (Å²) in [5.74, 6) is 1.29. The van der Waals surface area contributed by atoms with Crippen molar-refractivity contribution in [1.29, 1.82) is 0 Å². The van der Waals surface area contributed by atoms with Crippen LogP contribution in [-0.2, 0) is 0 Å². The smallest absolute Gasteiger partial charge is 0.224 e. The molecular weight excluding hydrogens is 176 g/mol. The molecule has 0 bridgehead atoms. The SMILES string of the molecule is CNc1ncc(Cl)c(N(C)C)n1. The lowest BCUT2D eigenvalue weighted by atomic mass is 10.5. The Hall–Kier alpha value is -1.03. The van der Waals surface area contributed by atoms with E-state index in [1.807, 2.05) is 19.0 Å². The summed E-state index contributed by atoms with van der Waals surface area (Å²) in [4.78, 5) is 9.96. The summed E-state index contributed by atoms with van der Waals surface area (Å²) in [6, 6.07) is 0. The van der Waals surface area contributed by atoms with Crippen LogP contribution in [-0.4, -0.2) is 31.1 Å². The molecule has 5 heteroatoms. The van der Waals surface area contributed by atoms with Crippen molar-refractivity contribution < 1.29 is 0 Å². The minimum absolute atomic E-state index is 0.555. The van der Waals surface area contributed by atoms with Crippen LogP contribution in [0.25, 0.3) is 0 Å². The molecule has 0 aliphatic rings. The lowest BCUT2D eigenvalue weighted by Gasteiger charge is -2.12. The predicted molar refractivity (Wildman–Crippen MR) is 50.9 cm³/mol. The maximum Gasteiger partial charge on any atom is 0.224 e. The molecule has 66 valence electrons. The Labute approximate surface area is 76.6 Å². The summed E-state index contributed by atoms with van der Waals surface area (Å²) in [6.07, 6.45) is 1.58. The van der Waals surface area contributed by atoms with Gasteiger partial charge in [0, 0.05) is 21.1 Å². The zero-order valence-electron chi connectivity index (χ0n) is 7.30. The predicted octanol–water partition coefficient (Wildman–Crippen LogP) is 1.24. The summed E-state index contributed by atoms with van der Waals surface area (Å²) >= 11 is 5.85. The summed E-state index contributed by atoms with van der Waals surface area (Å²) in [7, 11) is 5.53. The Morgan fingerprint density at radius 1 is 1.50 bits per heavy atom. The standard InChI is InChI=1S/C7H11ClN4/c1-9-7-10-4-5(8)6(11-7)12(2)3/h4H,1-3H3,(H,9,10,11). The second kappa shape index (κ2) is 3.58. The van der Waals surface area contributed by atoms with Gasteiger partial charge < -0.3 is 10.2 Å². The quantitative estimate of drug-likeness (QED) is 0.755. The first-order valence-electron chi connectivity index (χ1n) is 3.52. The molecule has 4 nitrogen and oxygen atoms in total. The molecule has 0 atom stereocenters. The third-order valence-corrected chi connectivity index (χ3v) is 1.64. The van der Waals surface area contributed by atoms with Gasteiger partial charge in [-0.15, -0.1) is 0 Å². The first-order chi connectivity index (χ1) is 5.65. The first-order valence-corrected chi connectivity index (χ1v) is 3.90. The Bertz CT molecular complexity index is 274. The normalized spacial score (nSPS) is 9.67. The molecule has 1 rings (SSSR count). The van der Waals surface area contributed by atoms with Crippen LogP contribution in [0.4, 0.5) is 11.8 Å². The first kappa shape index (κ1) is 9.06. The van der Waals surface area contributed by atoms with Crippen molar-refractivity contribution >= 4 is 23.4 Å². The Kier molecular flexibility index (Phi) is 2.70. The van der Waals surface area contributed by atoms with Crippen LogP contribution in [0.1, 0.15) is 0 Å². The number of aromatic nitrogens is 2. The number of nitrogens with zero attached hydrogens (tertiary/aromatic N) is 3. The lowest BCUT2D eigenvalue weighted by Crippen LogP contribution is -2.12. The summed E-state index contributed by atoms with van der Waals surface area (Å²) in [5, 5.41) is 3.40. The number of rotatable bonds is 2. The number of anilines is 2. The van der Waals surface area contributed by atoms with Crippen LogP contribution < -0.4 is 10.2 Å². The van der Waals surface area contributed by atoms with Crippen molar-refractivity contribution in [3.63, 3.8) is 0 Å². The highest BCUT2D eigenvalue weighted by atomic mass is 35.5. The van der Waals surface area contributed by atoms with E-state index >= 15 is 0 Å².